The van der Waals surface area contributed by atoms with E-state index in [4.69, 9.17) is 9.47 Å². The molecule has 1 aliphatic heterocycles. The first-order valence-corrected chi connectivity index (χ1v) is 8.35. The molecule has 1 amide bonds. The summed E-state index contributed by atoms with van der Waals surface area (Å²) in [6.45, 7) is 5.15. The molecule has 2 atom stereocenters. The van der Waals surface area contributed by atoms with Gasteiger partial charge in [0.15, 0.2) is 0 Å². The zero-order chi connectivity index (χ0) is 16.5. The Morgan fingerprint density at radius 2 is 2.08 bits per heavy atom. The summed E-state index contributed by atoms with van der Waals surface area (Å²) in [5.41, 5.74) is 2.45. The van der Waals surface area contributed by atoms with Gasteiger partial charge in [0.25, 0.3) is 0 Å². The molecule has 1 heterocycles. The van der Waals surface area contributed by atoms with Crippen LogP contribution in [-0.2, 0) is 14.3 Å². The molecule has 0 aromatic heterocycles. The largest absolute Gasteiger partial charge is 0.383 e. The summed E-state index contributed by atoms with van der Waals surface area (Å²) in [7, 11) is 1.65. The number of ether oxygens (including phenoxy) is 2. The lowest BCUT2D eigenvalue weighted by molar-refractivity contribution is -0.121. The summed E-state index contributed by atoms with van der Waals surface area (Å²) < 4.78 is 10.9. The van der Waals surface area contributed by atoms with E-state index in [1.54, 1.807) is 7.11 Å². The summed E-state index contributed by atoms with van der Waals surface area (Å²) in [5, 5.41) is 6.07. The van der Waals surface area contributed by atoms with Gasteiger partial charge in [-0.2, -0.15) is 0 Å². The van der Waals surface area contributed by atoms with Gasteiger partial charge in [-0.05, 0) is 25.3 Å². The van der Waals surface area contributed by atoms with Gasteiger partial charge in [0, 0.05) is 32.7 Å². The average molecular weight is 357 g/mol. The van der Waals surface area contributed by atoms with Crippen molar-refractivity contribution in [2.75, 3.05) is 40.0 Å². The minimum absolute atomic E-state index is 0. The van der Waals surface area contributed by atoms with Gasteiger partial charge >= 0.3 is 0 Å². The molecule has 2 unspecified atom stereocenters. The predicted octanol–water partition coefficient (Wildman–Crippen LogP) is 2.24. The molecule has 0 radical (unpaired) electrons. The van der Waals surface area contributed by atoms with Crippen molar-refractivity contribution in [1.82, 2.24) is 10.6 Å². The molecule has 136 valence electrons. The highest BCUT2D eigenvalue weighted by molar-refractivity contribution is 5.85. The molecule has 1 fully saturated rings. The van der Waals surface area contributed by atoms with E-state index in [9.17, 15) is 4.79 Å². The molecule has 1 aliphatic rings. The molecule has 5 nitrogen and oxygen atoms in total. The second-order valence-electron chi connectivity index (χ2n) is 6.08. The number of aryl methyl sites for hydroxylation is 1. The number of carbonyl (C=O) groups excluding carboxylic acids is 1. The SMILES string of the molecule is COCCNCC(=O)NCC1CCCOC1c1ccc(C)cc1.Cl. The summed E-state index contributed by atoms with van der Waals surface area (Å²) in [6.07, 6.45) is 2.20. The standard InChI is InChI=1S/C18H28N2O3.ClH/c1-14-5-7-15(8-6-14)18-16(4-3-10-23-18)12-20-17(21)13-19-9-11-22-2;/h5-8,16,18-19H,3-4,9-13H2,1-2H3,(H,20,21);1H. The number of hydrogen-bond acceptors (Lipinski definition) is 4. The normalized spacial score (nSPS) is 20.2. The van der Waals surface area contributed by atoms with Crippen LogP contribution >= 0.6 is 12.4 Å². The van der Waals surface area contributed by atoms with Gasteiger partial charge in [0.2, 0.25) is 5.91 Å². The van der Waals surface area contributed by atoms with E-state index < -0.39 is 0 Å². The van der Waals surface area contributed by atoms with Crippen LogP contribution in [0.15, 0.2) is 24.3 Å². The van der Waals surface area contributed by atoms with Crippen LogP contribution in [0.25, 0.3) is 0 Å². The topological polar surface area (TPSA) is 59.6 Å². The van der Waals surface area contributed by atoms with E-state index in [1.165, 1.54) is 11.1 Å². The van der Waals surface area contributed by atoms with Crippen molar-refractivity contribution in [1.29, 1.82) is 0 Å². The number of methoxy groups -OCH3 is 1. The minimum Gasteiger partial charge on any atom is -0.383 e. The second kappa shape index (κ2) is 11.4. The predicted molar refractivity (Wildman–Crippen MR) is 97.6 cm³/mol. The molecule has 0 spiro atoms. The number of hydrogen-bond donors (Lipinski definition) is 2. The summed E-state index contributed by atoms with van der Waals surface area (Å²) in [6, 6.07) is 8.49. The lowest BCUT2D eigenvalue weighted by Crippen LogP contribution is -2.40. The van der Waals surface area contributed by atoms with Crippen molar-refractivity contribution in [3.05, 3.63) is 35.4 Å². The molecule has 1 aromatic carbocycles. The Morgan fingerprint density at radius 3 is 2.79 bits per heavy atom. The molecular weight excluding hydrogens is 328 g/mol. The molecule has 1 saturated heterocycles. The van der Waals surface area contributed by atoms with E-state index in [1.807, 2.05) is 0 Å². The quantitative estimate of drug-likeness (QED) is 0.701. The Morgan fingerprint density at radius 1 is 1.33 bits per heavy atom. The number of benzene rings is 1. The van der Waals surface area contributed by atoms with Crippen LogP contribution < -0.4 is 10.6 Å². The van der Waals surface area contributed by atoms with Crippen LogP contribution in [0.4, 0.5) is 0 Å². The number of nitrogens with one attached hydrogen (secondary N) is 2. The maximum atomic E-state index is 11.9. The molecule has 1 aromatic rings. The van der Waals surface area contributed by atoms with Crippen molar-refractivity contribution >= 4 is 18.3 Å². The Kier molecular flexibility index (Phi) is 9.95. The highest BCUT2D eigenvalue weighted by Gasteiger charge is 2.27. The van der Waals surface area contributed by atoms with Gasteiger partial charge < -0.3 is 20.1 Å². The van der Waals surface area contributed by atoms with Crippen LogP contribution in [0.2, 0.25) is 0 Å². The molecule has 2 N–H and O–H groups in total. The van der Waals surface area contributed by atoms with E-state index in [2.05, 4.69) is 41.8 Å². The van der Waals surface area contributed by atoms with Crippen LogP contribution in [0, 0.1) is 12.8 Å². The van der Waals surface area contributed by atoms with Crippen molar-refractivity contribution in [3.63, 3.8) is 0 Å². The smallest absolute Gasteiger partial charge is 0.233 e. The first kappa shape index (κ1) is 20.9. The van der Waals surface area contributed by atoms with Crippen molar-refractivity contribution in [2.45, 2.75) is 25.9 Å². The van der Waals surface area contributed by atoms with E-state index in [-0.39, 0.29) is 24.4 Å². The molecule has 2 rings (SSSR count). The summed E-state index contributed by atoms with van der Waals surface area (Å²) in [4.78, 5) is 11.9. The maximum absolute atomic E-state index is 11.9. The van der Waals surface area contributed by atoms with Gasteiger partial charge in [-0.25, -0.2) is 0 Å². The first-order chi connectivity index (χ1) is 11.2. The molecule has 6 heteroatoms. The minimum atomic E-state index is 0. The van der Waals surface area contributed by atoms with Crippen LogP contribution in [0.1, 0.15) is 30.1 Å². The summed E-state index contributed by atoms with van der Waals surface area (Å²) >= 11 is 0. The highest BCUT2D eigenvalue weighted by atomic mass is 35.5. The Hall–Kier alpha value is -1.14. The van der Waals surface area contributed by atoms with E-state index in [0.29, 0.717) is 32.2 Å². The van der Waals surface area contributed by atoms with Crippen LogP contribution in [0.5, 0.6) is 0 Å². The molecule has 24 heavy (non-hydrogen) atoms. The van der Waals surface area contributed by atoms with Gasteiger partial charge in [-0.15, -0.1) is 12.4 Å². The number of amides is 1. The zero-order valence-electron chi connectivity index (χ0n) is 14.5. The second-order valence-corrected chi connectivity index (χ2v) is 6.08. The number of halogens is 1. The number of carbonyl (C=O) groups is 1. The molecule has 0 bridgehead atoms. The fraction of sp³-hybridized carbons (Fsp3) is 0.611. The average Bonchev–Trinajstić information content (AvgIpc) is 2.58. The third kappa shape index (κ3) is 6.77. The van der Waals surface area contributed by atoms with Gasteiger partial charge in [-0.1, -0.05) is 29.8 Å². The highest BCUT2D eigenvalue weighted by Crippen LogP contribution is 2.33. The maximum Gasteiger partial charge on any atom is 0.233 e. The monoisotopic (exact) mass is 356 g/mol. The zero-order valence-corrected chi connectivity index (χ0v) is 15.4. The van der Waals surface area contributed by atoms with Crippen LogP contribution in [-0.4, -0.2) is 45.9 Å². The third-order valence-electron chi connectivity index (χ3n) is 4.18. The van der Waals surface area contributed by atoms with E-state index >= 15 is 0 Å². The lowest BCUT2D eigenvalue weighted by atomic mass is 9.89. The van der Waals surface area contributed by atoms with Crippen LogP contribution in [0.3, 0.4) is 0 Å². The van der Waals surface area contributed by atoms with Gasteiger partial charge in [0.1, 0.15) is 0 Å². The van der Waals surface area contributed by atoms with Gasteiger partial charge in [0.05, 0.1) is 19.3 Å². The van der Waals surface area contributed by atoms with Crippen molar-refractivity contribution in [3.8, 4) is 0 Å². The van der Waals surface area contributed by atoms with E-state index in [0.717, 1.165) is 19.4 Å². The molecule has 0 aliphatic carbocycles. The first-order valence-electron chi connectivity index (χ1n) is 8.35. The fourth-order valence-electron chi connectivity index (χ4n) is 2.86. The Labute approximate surface area is 150 Å². The number of rotatable bonds is 8. The van der Waals surface area contributed by atoms with Gasteiger partial charge in [-0.3, -0.25) is 4.79 Å². The van der Waals surface area contributed by atoms with Crippen molar-refractivity contribution < 1.29 is 14.3 Å². The Balaban J connectivity index is 0.00000288. The molecular formula is C18H29ClN2O3. The Bertz CT molecular complexity index is 482. The summed E-state index contributed by atoms with van der Waals surface area (Å²) in [5.74, 6) is 0.351. The fourth-order valence-corrected chi connectivity index (χ4v) is 2.86. The third-order valence-corrected chi connectivity index (χ3v) is 4.18. The lowest BCUT2D eigenvalue weighted by Gasteiger charge is -2.32. The van der Waals surface area contributed by atoms with Crippen molar-refractivity contribution in [2.24, 2.45) is 5.92 Å². The molecule has 0 saturated carbocycles.